The van der Waals surface area contributed by atoms with Crippen molar-refractivity contribution in [2.75, 3.05) is 0 Å². The lowest BCUT2D eigenvalue weighted by Gasteiger charge is -2.05. The molecule has 5 heteroatoms. The number of nitrogens with zero attached hydrogens (tertiary/aromatic N) is 4. The Morgan fingerprint density at radius 1 is 1.12 bits per heavy atom. The summed E-state index contributed by atoms with van der Waals surface area (Å²) in [6.45, 7) is 2.71. The van der Waals surface area contributed by atoms with Crippen molar-refractivity contribution in [3.63, 3.8) is 0 Å². The topological polar surface area (TPSA) is 53.4 Å². The summed E-state index contributed by atoms with van der Waals surface area (Å²) in [6, 6.07) is 14.6. The van der Waals surface area contributed by atoms with Crippen LogP contribution in [0.4, 0.5) is 10.2 Å². The number of benzene rings is 2. The highest BCUT2D eigenvalue weighted by Crippen LogP contribution is 2.30. The molecule has 0 unspecified atom stereocenters. The van der Waals surface area contributed by atoms with Gasteiger partial charge in [0.05, 0.1) is 16.9 Å². The van der Waals surface area contributed by atoms with Gasteiger partial charge in [0, 0.05) is 29.5 Å². The lowest BCUT2D eigenvalue weighted by atomic mass is 10.1. The molecule has 0 bridgehead atoms. The third-order valence-corrected chi connectivity index (χ3v) is 4.48. The Balaban J connectivity index is 1.89. The zero-order valence-corrected chi connectivity index (χ0v) is 13.7. The number of rotatable bonds is 2. The van der Waals surface area contributed by atoms with Crippen molar-refractivity contribution in [2.45, 2.75) is 19.9 Å². The number of halogens is 1. The Hall–Kier alpha value is -3.26. The number of aromatic nitrogens is 1. The summed E-state index contributed by atoms with van der Waals surface area (Å²) in [7, 11) is 0. The van der Waals surface area contributed by atoms with E-state index in [1.165, 1.54) is 12.1 Å². The number of fused-ring (bicyclic) bond motifs is 2. The maximum absolute atomic E-state index is 13.6. The zero-order chi connectivity index (χ0) is 17.4. The molecule has 0 radical (unpaired) electrons. The van der Waals surface area contributed by atoms with E-state index in [0.717, 1.165) is 39.3 Å². The van der Waals surface area contributed by atoms with Gasteiger partial charge in [0.15, 0.2) is 0 Å². The van der Waals surface area contributed by atoms with E-state index in [0.29, 0.717) is 13.0 Å². The summed E-state index contributed by atoms with van der Waals surface area (Å²) >= 11 is 0. The van der Waals surface area contributed by atoms with E-state index in [2.05, 4.69) is 4.99 Å². The van der Waals surface area contributed by atoms with E-state index < -0.39 is 0 Å². The van der Waals surface area contributed by atoms with Crippen LogP contribution in [0.2, 0.25) is 0 Å². The molecule has 25 heavy (non-hydrogen) atoms. The van der Waals surface area contributed by atoms with Gasteiger partial charge >= 0.3 is 0 Å². The van der Waals surface area contributed by atoms with Crippen molar-refractivity contribution in [1.29, 1.82) is 5.26 Å². The van der Waals surface area contributed by atoms with Crippen LogP contribution in [-0.2, 0) is 6.54 Å². The summed E-state index contributed by atoms with van der Waals surface area (Å²) in [5.74, 6) is 0.528. The monoisotopic (exact) mass is 330 g/mol. The van der Waals surface area contributed by atoms with E-state index >= 15 is 0 Å². The predicted octanol–water partition coefficient (Wildman–Crippen LogP) is 4.59. The van der Waals surface area contributed by atoms with Crippen molar-refractivity contribution >= 4 is 28.1 Å². The summed E-state index contributed by atoms with van der Waals surface area (Å²) in [4.78, 5) is 8.78. The van der Waals surface area contributed by atoms with Gasteiger partial charge in [-0.1, -0.05) is 24.3 Å². The first kappa shape index (κ1) is 15.3. The minimum atomic E-state index is -0.255. The first-order chi connectivity index (χ1) is 12.2. The van der Waals surface area contributed by atoms with Crippen molar-refractivity contribution < 1.29 is 4.39 Å². The largest absolute Gasteiger partial charge is 0.326 e. The van der Waals surface area contributed by atoms with E-state index in [4.69, 9.17) is 10.3 Å². The fourth-order valence-electron chi connectivity index (χ4n) is 3.37. The smallest absolute Gasteiger partial charge is 0.205 e. The predicted molar refractivity (Wildman–Crippen MR) is 97.0 cm³/mol. The Bertz CT molecular complexity index is 1080. The molecule has 0 saturated heterocycles. The number of nitriles is 1. The van der Waals surface area contributed by atoms with Gasteiger partial charge in [-0.15, -0.1) is 0 Å². The quantitative estimate of drug-likeness (QED) is 0.634. The Kier molecular flexibility index (Phi) is 3.66. The Morgan fingerprint density at radius 2 is 1.88 bits per heavy atom. The lowest BCUT2D eigenvalue weighted by molar-refractivity contribution is 0.628. The van der Waals surface area contributed by atoms with E-state index in [1.807, 2.05) is 48.0 Å². The van der Waals surface area contributed by atoms with Gasteiger partial charge in [0.2, 0.25) is 6.19 Å². The highest BCUT2D eigenvalue weighted by Gasteiger charge is 2.24. The summed E-state index contributed by atoms with van der Waals surface area (Å²) in [6.07, 6.45) is 2.39. The molecule has 2 aromatic carbocycles. The molecule has 1 aromatic heterocycles. The molecule has 0 saturated carbocycles. The molecule has 0 spiro atoms. The molecular weight excluding hydrogens is 315 g/mol. The molecule has 0 atom stereocenters. The van der Waals surface area contributed by atoms with Crippen LogP contribution in [0.15, 0.2) is 58.5 Å². The summed E-state index contributed by atoms with van der Waals surface area (Å²) in [5.41, 5.74) is 4.40. The third kappa shape index (κ3) is 2.52. The molecule has 0 fully saturated rings. The van der Waals surface area contributed by atoms with Gasteiger partial charge in [-0.3, -0.25) is 0 Å². The Labute approximate surface area is 144 Å². The molecule has 0 N–H and O–H groups in total. The lowest BCUT2D eigenvalue weighted by Crippen LogP contribution is -1.98. The molecule has 122 valence electrons. The minimum Gasteiger partial charge on any atom is -0.326 e. The van der Waals surface area contributed by atoms with Gasteiger partial charge in [0.25, 0.3) is 0 Å². The SMILES string of the molecule is CCn1c(/N=C2\C/C(=N/C#N)c3ccccc32)cc2ccc(F)cc21. The molecular formula is C20H15FN4. The molecule has 1 aliphatic rings. The van der Waals surface area contributed by atoms with Gasteiger partial charge in [-0.25, -0.2) is 9.38 Å². The molecule has 4 rings (SSSR count). The average molecular weight is 330 g/mol. The van der Waals surface area contributed by atoms with Crippen LogP contribution >= 0.6 is 0 Å². The van der Waals surface area contributed by atoms with Crippen LogP contribution in [0.5, 0.6) is 0 Å². The van der Waals surface area contributed by atoms with Gasteiger partial charge in [0.1, 0.15) is 11.6 Å². The average Bonchev–Trinajstić information content (AvgIpc) is 3.13. The summed E-state index contributed by atoms with van der Waals surface area (Å²) < 4.78 is 15.6. The number of hydrogen-bond donors (Lipinski definition) is 0. The first-order valence-corrected chi connectivity index (χ1v) is 8.13. The van der Waals surface area contributed by atoms with Crippen LogP contribution in [0, 0.1) is 17.3 Å². The second-order valence-electron chi connectivity index (χ2n) is 5.89. The minimum absolute atomic E-state index is 0.255. The zero-order valence-electron chi connectivity index (χ0n) is 13.7. The molecule has 1 heterocycles. The fourth-order valence-corrected chi connectivity index (χ4v) is 3.37. The van der Waals surface area contributed by atoms with E-state index in [-0.39, 0.29) is 5.82 Å². The number of aliphatic imine (C=N–C) groups is 2. The van der Waals surface area contributed by atoms with Crippen LogP contribution in [0.1, 0.15) is 24.5 Å². The van der Waals surface area contributed by atoms with Crippen LogP contribution in [-0.4, -0.2) is 16.0 Å². The standard InChI is InChI=1S/C20H15FN4/c1-2-25-19-10-14(21)8-7-13(19)9-20(25)24-18-11-17(23-12-22)15-5-3-4-6-16(15)18/h3-10H,2,11H2,1H3/b23-17-,24-18+. The number of hydrogen-bond acceptors (Lipinski definition) is 3. The molecule has 0 aliphatic heterocycles. The maximum Gasteiger partial charge on any atom is 0.205 e. The molecule has 1 aliphatic carbocycles. The van der Waals surface area contributed by atoms with Crippen LogP contribution in [0.3, 0.4) is 0 Å². The normalized spacial score (nSPS) is 16.5. The Morgan fingerprint density at radius 3 is 2.60 bits per heavy atom. The third-order valence-electron chi connectivity index (χ3n) is 4.48. The first-order valence-electron chi connectivity index (χ1n) is 8.13. The van der Waals surface area contributed by atoms with E-state index in [1.54, 1.807) is 6.07 Å². The molecule has 0 amide bonds. The van der Waals surface area contributed by atoms with Gasteiger partial charge in [-0.05, 0) is 31.2 Å². The highest BCUT2D eigenvalue weighted by atomic mass is 19.1. The summed E-state index contributed by atoms with van der Waals surface area (Å²) in [5, 5.41) is 9.87. The molecule has 4 nitrogen and oxygen atoms in total. The fraction of sp³-hybridized carbons (Fsp3) is 0.150. The molecule has 3 aromatic rings. The second-order valence-corrected chi connectivity index (χ2v) is 5.89. The maximum atomic E-state index is 13.6. The highest BCUT2D eigenvalue weighted by molar-refractivity contribution is 6.28. The van der Waals surface area contributed by atoms with Gasteiger partial charge in [-0.2, -0.15) is 10.3 Å². The van der Waals surface area contributed by atoms with Gasteiger partial charge < -0.3 is 4.57 Å². The van der Waals surface area contributed by atoms with Crippen molar-refractivity contribution in [3.05, 3.63) is 65.5 Å². The second kappa shape index (κ2) is 5.99. The van der Waals surface area contributed by atoms with Crippen molar-refractivity contribution in [1.82, 2.24) is 4.57 Å². The van der Waals surface area contributed by atoms with E-state index in [9.17, 15) is 4.39 Å². The van der Waals surface area contributed by atoms with Crippen molar-refractivity contribution in [3.8, 4) is 6.19 Å². The van der Waals surface area contributed by atoms with Crippen LogP contribution < -0.4 is 0 Å². The van der Waals surface area contributed by atoms with Crippen molar-refractivity contribution in [2.24, 2.45) is 9.98 Å². The number of aryl methyl sites for hydroxylation is 1. The van der Waals surface area contributed by atoms with Crippen LogP contribution in [0.25, 0.3) is 10.9 Å².